The highest BCUT2D eigenvalue weighted by Crippen LogP contribution is 2.24. The highest BCUT2D eigenvalue weighted by Gasteiger charge is 2.26. The number of carbonyl (C=O) groups is 1. The number of nitrogens with zero attached hydrogens (tertiary/aromatic N) is 2. The van der Waals surface area contributed by atoms with E-state index in [-0.39, 0.29) is 5.91 Å². The molecule has 1 aliphatic rings. The largest absolute Gasteiger partial charge is 0.372 e. The van der Waals surface area contributed by atoms with Crippen molar-refractivity contribution in [3.63, 3.8) is 0 Å². The van der Waals surface area contributed by atoms with Gasteiger partial charge in [-0.2, -0.15) is 11.8 Å². The number of halogens is 1. The molecule has 1 unspecified atom stereocenters. The van der Waals surface area contributed by atoms with Crippen LogP contribution in [0.1, 0.15) is 23.7 Å². The normalized spacial score (nSPS) is 19.3. The number of nitrogens with one attached hydrogen (secondary N) is 1. The molecular weight excluding hydrogens is 265 g/mol. The predicted molar refractivity (Wildman–Crippen MR) is 76.2 cm³/mol. The van der Waals surface area contributed by atoms with E-state index in [0.29, 0.717) is 23.2 Å². The molecule has 1 N–H and O–H groups in total. The summed E-state index contributed by atoms with van der Waals surface area (Å²) in [5.41, 5.74) is 0.309. The standard InChI is InChI=1S/C13H18FN3OS/c1-3-10-8-17(4-5-19-10)13(18)11-6-9(14)7-16-12(11)15-2/h6-7,10H,3-5,8H2,1-2H3,(H,15,16). The number of carbonyl (C=O) groups excluding carboxylic acids is 1. The average molecular weight is 283 g/mol. The molecule has 104 valence electrons. The number of pyridine rings is 1. The third kappa shape index (κ3) is 3.18. The Bertz CT molecular complexity index is 469. The van der Waals surface area contributed by atoms with Crippen LogP contribution in [0.25, 0.3) is 0 Å². The van der Waals surface area contributed by atoms with E-state index < -0.39 is 5.82 Å². The number of thioether (sulfide) groups is 1. The Morgan fingerprint density at radius 3 is 3.16 bits per heavy atom. The van der Waals surface area contributed by atoms with Gasteiger partial charge in [0.2, 0.25) is 0 Å². The molecule has 19 heavy (non-hydrogen) atoms. The maximum Gasteiger partial charge on any atom is 0.257 e. The number of amides is 1. The molecular formula is C13H18FN3OS. The molecule has 1 aromatic heterocycles. The van der Waals surface area contributed by atoms with Crippen molar-refractivity contribution in [1.82, 2.24) is 9.88 Å². The molecule has 0 radical (unpaired) electrons. The Morgan fingerprint density at radius 1 is 1.68 bits per heavy atom. The number of anilines is 1. The van der Waals surface area contributed by atoms with E-state index in [0.717, 1.165) is 24.9 Å². The lowest BCUT2D eigenvalue weighted by Crippen LogP contribution is -2.42. The summed E-state index contributed by atoms with van der Waals surface area (Å²) < 4.78 is 13.3. The minimum atomic E-state index is -0.485. The quantitative estimate of drug-likeness (QED) is 0.924. The lowest BCUT2D eigenvalue weighted by Gasteiger charge is -2.32. The number of rotatable bonds is 3. The molecule has 2 heterocycles. The molecule has 1 aromatic rings. The maximum atomic E-state index is 13.3. The van der Waals surface area contributed by atoms with Gasteiger partial charge in [-0.1, -0.05) is 6.92 Å². The SMILES string of the molecule is CCC1CN(C(=O)c2cc(F)cnc2NC)CCS1. The van der Waals surface area contributed by atoms with Gasteiger partial charge in [-0.25, -0.2) is 9.37 Å². The summed E-state index contributed by atoms with van der Waals surface area (Å²) in [6.07, 6.45) is 2.15. The van der Waals surface area contributed by atoms with Gasteiger partial charge < -0.3 is 10.2 Å². The van der Waals surface area contributed by atoms with Gasteiger partial charge in [0.15, 0.2) is 0 Å². The van der Waals surface area contributed by atoms with E-state index in [9.17, 15) is 9.18 Å². The Kier molecular flexibility index (Phi) is 4.63. The van der Waals surface area contributed by atoms with E-state index >= 15 is 0 Å². The Balaban J connectivity index is 2.21. The summed E-state index contributed by atoms with van der Waals surface area (Å²) in [6, 6.07) is 1.25. The summed E-state index contributed by atoms with van der Waals surface area (Å²) in [4.78, 5) is 18.2. The summed E-state index contributed by atoms with van der Waals surface area (Å²) in [7, 11) is 1.68. The summed E-state index contributed by atoms with van der Waals surface area (Å²) in [6.45, 7) is 3.55. The van der Waals surface area contributed by atoms with Gasteiger partial charge >= 0.3 is 0 Å². The second-order valence-corrected chi connectivity index (χ2v) is 5.86. The predicted octanol–water partition coefficient (Wildman–Crippen LogP) is 2.23. The highest BCUT2D eigenvalue weighted by molar-refractivity contribution is 8.00. The topological polar surface area (TPSA) is 45.2 Å². The smallest absolute Gasteiger partial charge is 0.257 e. The van der Waals surface area contributed by atoms with Crippen molar-refractivity contribution in [2.75, 3.05) is 31.2 Å². The molecule has 2 rings (SSSR count). The van der Waals surface area contributed by atoms with Gasteiger partial charge in [0.05, 0.1) is 11.8 Å². The molecule has 1 amide bonds. The van der Waals surface area contributed by atoms with Crippen LogP contribution >= 0.6 is 11.8 Å². The highest BCUT2D eigenvalue weighted by atomic mass is 32.2. The van der Waals surface area contributed by atoms with Crippen LogP contribution in [0, 0.1) is 5.82 Å². The van der Waals surface area contributed by atoms with Crippen molar-refractivity contribution in [1.29, 1.82) is 0 Å². The fourth-order valence-electron chi connectivity index (χ4n) is 2.12. The van der Waals surface area contributed by atoms with Crippen LogP contribution < -0.4 is 5.32 Å². The Morgan fingerprint density at radius 2 is 2.47 bits per heavy atom. The minimum Gasteiger partial charge on any atom is -0.372 e. The second-order valence-electron chi connectivity index (χ2n) is 4.45. The van der Waals surface area contributed by atoms with E-state index in [4.69, 9.17) is 0 Å². The average Bonchev–Trinajstić information content (AvgIpc) is 2.46. The molecule has 1 fully saturated rings. The first-order chi connectivity index (χ1) is 9.15. The monoisotopic (exact) mass is 283 g/mol. The molecule has 1 atom stereocenters. The summed E-state index contributed by atoms with van der Waals surface area (Å²) in [5, 5.41) is 3.31. The third-order valence-corrected chi connectivity index (χ3v) is 4.57. The third-order valence-electron chi connectivity index (χ3n) is 3.20. The van der Waals surface area contributed by atoms with Crippen molar-refractivity contribution in [2.24, 2.45) is 0 Å². The van der Waals surface area contributed by atoms with Crippen LogP contribution in [0.3, 0.4) is 0 Å². The van der Waals surface area contributed by atoms with E-state index in [1.807, 2.05) is 11.8 Å². The first-order valence-electron chi connectivity index (χ1n) is 6.39. The van der Waals surface area contributed by atoms with Crippen molar-refractivity contribution in [3.05, 3.63) is 23.6 Å². The lowest BCUT2D eigenvalue weighted by molar-refractivity contribution is 0.0761. The molecule has 0 aromatic carbocycles. The molecule has 6 heteroatoms. The van der Waals surface area contributed by atoms with Crippen molar-refractivity contribution in [3.8, 4) is 0 Å². The number of hydrogen-bond acceptors (Lipinski definition) is 4. The first kappa shape index (κ1) is 14.1. The Labute approximate surface area is 116 Å². The fraction of sp³-hybridized carbons (Fsp3) is 0.538. The molecule has 0 saturated carbocycles. The van der Waals surface area contributed by atoms with Gasteiger partial charge in [-0.15, -0.1) is 0 Å². The van der Waals surface area contributed by atoms with Crippen molar-refractivity contribution < 1.29 is 9.18 Å². The van der Waals surface area contributed by atoms with Crippen molar-refractivity contribution >= 4 is 23.5 Å². The molecule has 0 bridgehead atoms. The first-order valence-corrected chi connectivity index (χ1v) is 7.44. The zero-order valence-corrected chi connectivity index (χ0v) is 12.0. The van der Waals surface area contributed by atoms with Crippen LogP contribution in [-0.4, -0.2) is 46.9 Å². The van der Waals surface area contributed by atoms with Gasteiger partial charge in [-0.05, 0) is 12.5 Å². The van der Waals surface area contributed by atoms with Crippen molar-refractivity contribution in [2.45, 2.75) is 18.6 Å². The summed E-state index contributed by atoms with van der Waals surface area (Å²) >= 11 is 1.89. The van der Waals surface area contributed by atoms with Crippen LogP contribution in [-0.2, 0) is 0 Å². The second kappa shape index (κ2) is 6.23. The van der Waals surface area contributed by atoms with Crippen LogP contribution in [0.4, 0.5) is 10.2 Å². The van der Waals surface area contributed by atoms with Crippen LogP contribution in [0.15, 0.2) is 12.3 Å². The molecule has 0 spiro atoms. The minimum absolute atomic E-state index is 0.143. The molecule has 1 saturated heterocycles. The van der Waals surface area contributed by atoms with Gasteiger partial charge in [0, 0.05) is 31.1 Å². The Hall–Kier alpha value is -1.30. The van der Waals surface area contributed by atoms with E-state index in [2.05, 4.69) is 17.2 Å². The lowest BCUT2D eigenvalue weighted by atomic mass is 10.2. The molecule has 1 aliphatic heterocycles. The van der Waals surface area contributed by atoms with Gasteiger partial charge in [0.1, 0.15) is 11.6 Å². The summed E-state index contributed by atoms with van der Waals surface area (Å²) in [5.74, 6) is 0.732. The number of hydrogen-bond donors (Lipinski definition) is 1. The number of aromatic nitrogens is 1. The zero-order valence-electron chi connectivity index (χ0n) is 11.1. The van der Waals surface area contributed by atoms with Gasteiger partial charge in [0.25, 0.3) is 5.91 Å². The van der Waals surface area contributed by atoms with E-state index in [1.54, 1.807) is 11.9 Å². The van der Waals surface area contributed by atoms with Crippen LogP contribution in [0.2, 0.25) is 0 Å². The molecule has 4 nitrogen and oxygen atoms in total. The van der Waals surface area contributed by atoms with Crippen LogP contribution in [0.5, 0.6) is 0 Å². The zero-order chi connectivity index (χ0) is 13.8. The molecule has 0 aliphatic carbocycles. The van der Waals surface area contributed by atoms with E-state index in [1.165, 1.54) is 6.07 Å². The maximum absolute atomic E-state index is 13.3. The van der Waals surface area contributed by atoms with Gasteiger partial charge in [-0.3, -0.25) is 4.79 Å². The fourth-order valence-corrected chi connectivity index (χ4v) is 3.30.